The molecule has 1 amide bonds. The molecule has 0 radical (unpaired) electrons. The molecule has 0 spiro atoms. The first-order valence-electron chi connectivity index (χ1n) is 7.35. The number of rotatable bonds is 7. The second-order valence-electron chi connectivity index (χ2n) is 5.29. The predicted molar refractivity (Wildman–Crippen MR) is 93.7 cm³/mol. The lowest BCUT2D eigenvalue weighted by Crippen LogP contribution is -2.38. The zero-order valence-corrected chi connectivity index (χ0v) is 15.2. The molecule has 0 atom stereocenters. The molecule has 1 N–H and O–H groups in total. The van der Waals surface area contributed by atoms with Gasteiger partial charge in [-0.15, -0.1) is 0 Å². The van der Waals surface area contributed by atoms with Crippen LogP contribution in [0.4, 0.5) is 0 Å². The van der Waals surface area contributed by atoms with Gasteiger partial charge < -0.3 is 14.7 Å². The molecule has 0 saturated heterocycles. The normalized spacial score (nSPS) is 10.7. The van der Waals surface area contributed by atoms with Gasteiger partial charge >= 0.3 is 5.97 Å². The summed E-state index contributed by atoms with van der Waals surface area (Å²) in [5, 5.41) is 14.0. The zero-order chi connectivity index (χ0) is 18.6. The first-order valence-corrected chi connectivity index (χ1v) is 8.11. The molecule has 0 unspecified atom stereocenters. The van der Waals surface area contributed by atoms with Crippen LogP contribution in [0.5, 0.6) is 0 Å². The molecule has 25 heavy (non-hydrogen) atoms. The Morgan fingerprint density at radius 1 is 1.28 bits per heavy atom. The molecule has 1 heterocycles. The van der Waals surface area contributed by atoms with E-state index in [0.29, 0.717) is 21.4 Å². The fraction of sp³-hybridized carbons (Fsp3) is 0.312. The summed E-state index contributed by atoms with van der Waals surface area (Å²) in [7, 11) is 1.48. The highest BCUT2D eigenvalue weighted by Gasteiger charge is 2.22. The number of carboxylic acid groups (broad SMARTS) is 1. The van der Waals surface area contributed by atoms with Crippen molar-refractivity contribution in [3.05, 3.63) is 45.7 Å². The quantitative estimate of drug-likeness (QED) is 0.791. The Hall–Kier alpha value is -2.09. The first kappa shape index (κ1) is 19.2. The maximum absolute atomic E-state index is 12.6. The van der Waals surface area contributed by atoms with Gasteiger partial charge in [0.1, 0.15) is 6.54 Å². The largest absolute Gasteiger partial charge is 0.480 e. The van der Waals surface area contributed by atoms with Gasteiger partial charge in [-0.25, -0.2) is 4.68 Å². The molecule has 0 aliphatic rings. The van der Waals surface area contributed by atoms with E-state index in [4.69, 9.17) is 33.0 Å². The number of benzene rings is 1. The molecule has 134 valence electrons. The minimum atomic E-state index is -1.11. The van der Waals surface area contributed by atoms with E-state index in [1.165, 1.54) is 12.0 Å². The fourth-order valence-corrected chi connectivity index (χ4v) is 2.53. The Bertz CT molecular complexity index is 792. The predicted octanol–water partition coefficient (Wildman–Crippen LogP) is 2.66. The average molecular weight is 386 g/mol. The molecule has 1 aromatic heterocycles. The molecule has 0 aliphatic carbocycles. The number of methoxy groups -OCH3 is 1. The van der Waals surface area contributed by atoms with Crippen molar-refractivity contribution in [2.45, 2.75) is 6.92 Å². The highest BCUT2D eigenvalue weighted by atomic mass is 35.5. The number of aromatic nitrogens is 2. The third-order valence-electron chi connectivity index (χ3n) is 3.43. The van der Waals surface area contributed by atoms with Gasteiger partial charge in [-0.05, 0) is 31.2 Å². The van der Waals surface area contributed by atoms with Crippen LogP contribution in [0.2, 0.25) is 10.0 Å². The summed E-state index contributed by atoms with van der Waals surface area (Å²) < 4.78 is 6.47. The van der Waals surface area contributed by atoms with Gasteiger partial charge in [0.15, 0.2) is 5.69 Å². The molecule has 7 nitrogen and oxygen atoms in total. The van der Waals surface area contributed by atoms with E-state index in [1.807, 2.05) is 0 Å². The SMILES string of the molecule is COCCN(CC(=O)O)C(=O)c1cc(C)n(-c2ccc(Cl)c(Cl)c2)n1. The van der Waals surface area contributed by atoms with Crippen LogP contribution in [0.15, 0.2) is 24.3 Å². The molecule has 0 aliphatic heterocycles. The van der Waals surface area contributed by atoms with E-state index in [9.17, 15) is 9.59 Å². The van der Waals surface area contributed by atoms with Crippen LogP contribution in [0.25, 0.3) is 5.69 Å². The van der Waals surface area contributed by atoms with Gasteiger partial charge in [0, 0.05) is 19.3 Å². The van der Waals surface area contributed by atoms with Crippen LogP contribution in [0.1, 0.15) is 16.2 Å². The Kier molecular flexibility index (Phi) is 6.41. The van der Waals surface area contributed by atoms with E-state index in [-0.39, 0.29) is 18.8 Å². The summed E-state index contributed by atoms with van der Waals surface area (Å²) >= 11 is 11.9. The van der Waals surface area contributed by atoms with Crippen molar-refractivity contribution in [3.8, 4) is 5.69 Å². The second-order valence-corrected chi connectivity index (χ2v) is 6.11. The number of hydrogen-bond acceptors (Lipinski definition) is 4. The van der Waals surface area contributed by atoms with Gasteiger partial charge in [0.05, 0.1) is 22.3 Å². The van der Waals surface area contributed by atoms with E-state index >= 15 is 0 Å². The van der Waals surface area contributed by atoms with Crippen molar-refractivity contribution in [2.24, 2.45) is 0 Å². The van der Waals surface area contributed by atoms with Gasteiger partial charge in [0.2, 0.25) is 0 Å². The zero-order valence-electron chi connectivity index (χ0n) is 13.7. The van der Waals surface area contributed by atoms with Crippen molar-refractivity contribution < 1.29 is 19.4 Å². The fourth-order valence-electron chi connectivity index (χ4n) is 2.24. The Balaban J connectivity index is 2.31. The van der Waals surface area contributed by atoms with E-state index in [2.05, 4.69) is 5.10 Å². The van der Waals surface area contributed by atoms with Gasteiger partial charge in [-0.3, -0.25) is 9.59 Å². The minimum Gasteiger partial charge on any atom is -0.480 e. The summed E-state index contributed by atoms with van der Waals surface area (Å²) in [6, 6.07) is 6.59. The Morgan fingerprint density at radius 3 is 2.60 bits per heavy atom. The third-order valence-corrected chi connectivity index (χ3v) is 4.17. The summed E-state index contributed by atoms with van der Waals surface area (Å²) in [4.78, 5) is 24.7. The van der Waals surface area contributed by atoms with Gasteiger partial charge in [0.25, 0.3) is 5.91 Å². The monoisotopic (exact) mass is 385 g/mol. The summed E-state index contributed by atoms with van der Waals surface area (Å²) in [5.41, 5.74) is 1.48. The Morgan fingerprint density at radius 2 is 2.00 bits per heavy atom. The average Bonchev–Trinajstić information content (AvgIpc) is 2.95. The molecule has 0 fully saturated rings. The maximum atomic E-state index is 12.6. The molecule has 1 aromatic carbocycles. The number of aliphatic carboxylic acids is 1. The summed E-state index contributed by atoms with van der Waals surface area (Å²) in [6.07, 6.45) is 0. The number of carbonyl (C=O) groups excluding carboxylic acids is 1. The van der Waals surface area contributed by atoms with Crippen molar-refractivity contribution in [2.75, 3.05) is 26.8 Å². The molecule has 0 saturated carbocycles. The van der Waals surface area contributed by atoms with Gasteiger partial charge in [-0.1, -0.05) is 23.2 Å². The molecule has 2 aromatic rings. The molecular weight excluding hydrogens is 369 g/mol. The first-order chi connectivity index (χ1) is 11.8. The molecule has 9 heteroatoms. The Labute approximate surface area is 154 Å². The number of carboxylic acids is 1. The van der Waals surface area contributed by atoms with Crippen LogP contribution >= 0.6 is 23.2 Å². The van der Waals surface area contributed by atoms with Crippen molar-refractivity contribution in [1.82, 2.24) is 14.7 Å². The summed E-state index contributed by atoms with van der Waals surface area (Å²) in [5.74, 6) is -1.59. The number of halogens is 2. The third kappa shape index (κ3) is 4.72. The van der Waals surface area contributed by atoms with Crippen molar-refractivity contribution in [1.29, 1.82) is 0 Å². The van der Waals surface area contributed by atoms with Crippen LogP contribution in [-0.2, 0) is 9.53 Å². The summed E-state index contributed by atoms with van der Waals surface area (Å²) in [6.45, 7) is 1.73. The van der Waals surface area contributed by atoms with E-state index < -0.39 is 18.4 Å². The second kappa shape index (κ2) is 8.33. The highest BCUT2D eigenvalue weighted by Crippen LogP contribution is 2.25. The number of carbonyl (C=O) groups is 2. The lowest BCUT2D eigenvalue weighted by Gasteiger charge is -2.18. The smallest absolute Gasteiger partial charge is 0.323 e. The topological polar surface area (TPSA) is 84.7 Å². The standard InChI is InChI=1S/C16H17Cl2N3O4/c1-10-7-14(16(24)20(5-6-25-2)9-15(22)23)19-21(10)11-3-4-12(17)13(18)8-11/h3-4,7-8H,5-6,9H2,1-2H3,(H,22,23). The maximum Gasteiger partial charge on any atom is 0.323 e. The number of amides is 1. The van der Waals surface area contributed by atoms with Crippen LogP contribution in [-0.4, -0.2) is 58.5 Å². The number of hydrogen-bond donors (Lipinski definition) is 1. The highest BCUT2D eigenvalue weighted by molar-refractivity contribution is 6.42. The lowest BCUT2D eigenvalue weighted by atomic mass is 10.3. The number of aryl methyl sites for hydroxylation is 1. The van der Waals surface area contributed by atoms with Gasteiger partial charge in [-0.2, -0.15) is 5.10 Å². The minimum absolute atomic E-state index is 0.140. The number of ether oxygens (including phenoxy) is 1. The molecule has 0 bridgehead atoms. The lowest BCUT2D eigenvalue weighted by molar-refractivity contribution is -0.137. The van der Waals surface area contributed by atoms with Crippen molar-refractivity contribution in [3.63, 3.8) is 0 Å². The van der Waals surface area contributed by atoms with E-state index in [1.54, 1.807) is 35.9 Å². The van der Waals surface area contributed by atoms with E-state index in [0.717, 1.165) is 0 Å². The van der Waals surface area contributed by atoms with Crippen molar-refractivity contribution >= 4 is 35.1 Å². The number of nitrogens with zero attached hydrogens (tertiary/aromatic N) is 3. The molecule has 2 rings (SSSR count). The van der Waals surface area contributed by atoms with Crippen LogP contribution in [0.3, 0.4) is 0 Å². The van der Waals surface area contributed by atoms with Crippen LogP contribution in [0, 0.1) is 6.92 Å². The van der Waals surface area contributed by atoms with Crippen LogP contribution < -0.4 is 0 Å². The molecular formula is C16H17Cl2N3O4.